The Balaban J connectivity index is 1.75. The van der Waals surface area contributed by atoms with Crippen LogP contribution in [0.1, 0.15) is 48.7 Å². The van der Waals surface area contributed by atoms with E-state index in [4.69, 9.17) is 10.1 Å². The number of hydrogen-bond acceptors (Lipinski definition) is 4. The summed E-state index contributed by atoms with van der Waals surface area (Å²) in [5.74, 6) is 0.568. The molecule has 0 unspecified atom stereocenters. The third kappa shape index (κ3) is 2.84. The van der Waals surface area contributed by atoms with Crippen molar-refractivity contribution in [2.24, 2.45) is 0 Å². The van der Waals surface area contributed by atoms with Gasteiger partial charge in [-0.05, 0) is 25.0 Å². The molecule has 0 radical (unpaired) electrons. The first-order valence-electron chi connectivity index (χ1n) is 8.01. The second-order valence-corrected chi connectivity index (χ2v) is 7.94. The Kier molecular flexibility index (Phi) is 4.22. The summed E-state index contributed by atoms with van der Waals surface area (Å²) in [5, 5.41) is 15.8. The monoisotopic (exact) mass is 391 g/mol. The van der Waals surface area contributed by atoms with Gasteiger partial charge in [-0.2, -0.15) is 5.10 Å². The minimum Gasteiger partial charge on any atom is -0.390 e. The fourth-order valence-corrected chi connectivity index (χ4v) is 4.65. The number of nitrogens with zero attached hydrogens (tertiary/aromatic N) is 3. The molecule has 0 bridgehead atoms. The van der Waals surface area contributed by atoms with Gasteiger partial charge < -0.3 is 5.11 Å². The molecule has 1 fully saturated rings. The SMILES string of the molecule is OCc1c(-c2ccc(Br)cc2)nc2sc(C3CCCCC3)nn12. The van der Waals surface area contributed by atoms with Gasteiger partial charge in [0.1, 0.15) is 5.01 Å². The normalized spacial score (nSPS) is 16.3. The molecule has 1 aliphatic carbocycles. The predicted molar refractivity (Wildman–Crippen MR) is 95.7 cm³/mol. The van der Waals surface area contributed by atoms with Crippen molar-refractivity contribution < 1.29 is 5.11 Å². The first kappa shape index (κ1) is 15.3. The van der Waals surface area contributed by atoms with Gasteiger partial charge in [-0.1, -0.05) is 58.7 Å². The molecule has 0 atom stereocenters. The summed E-state index contributed by atoms with van der Waals surface area (Å²) in [6.45, 7) is -0.0552. The van der Waals surface area contributed by atoms with Crippen LogP contribution in [-0.4, -0.2) is 19.7 Å². The summed E-state index contributed by atoms with van der Waals surface area (Å²) in [7, 11) is 0. The number of imidazole rings is 1. The maximum atomic E-state index is 9.84. The number of hydrogen-bond donors (Lipinski definition) is 1. The molecule has 0 aliphatic heterocycles. The first-order valence-corrected chi connectivity index (χ1v) is 9.62. The summed E-state index contributed by atoms with van der Waals surface area (Å²) >= 11 is 5.12. The lowest BCUT2D eigenvalue weighted by atomic mass is 9.90. The number of rotatable bonds is 3. The third-order valence-electron chi connectivity index (χ3n) is 4.53. The van der Waals surface area contributed by atoms with Crippen LogP contribution in [0.4, 0.5) is 0 Å². The zero-order valence-corrected chi connectivity index (χ0v) is 15.1. The Bertz CT molecular complexity index is 818. The third-order valence-corrected chi connectivity index (χ3v) is 6.13. The minimum atomic E-state index is -0.0552. The van der Waals surface area contributed by atoms with Crippen LogP contribution in [-0.2, 0) is 6.61 Å². The van der Waals surface area contributed by atoms with Crippen LogP contribution in [0.5, 0.6) is 0 Å². The molecule has 1 N–H and O–H groups in total. The number of halogens is 1. The summed E-state index contributed by atoms with van der Waals surface area (Å²) in [4.78, 5) is 5.62. The van der Waals surface area contributed by atoms with E-state index in [2.05, 4.69) is 15.9 Å². The van der Waals surface area contributed by atoms with E-state index in [9.17, 15) is 5.11 Å². The highest BCUT2D eigenvalue weighted by Crippen LogP contribution is 2.36. The molecule has 0 amide bonds. The predicted octanol–water partition coefficient (Wildman–Crippen LogP) is 4.76. The van der Waals surface area contributed by atoms with E-state index in [0.29, 0.717) is 5.92 Å². The molecular formula is C17H18BrN3OS. The van der Waals surface area contributed by atoms with Crippen molar-refractivity contribution in [3.05, 3.63) is 39.4 Å². The Labute approximate surface area is 147 Å². The lowest BCUT2D eigenvalue weighted by molar-refractivity contribution is 0.274. The van der Waals surface area contributed by atoms with Gasteiger partial charge in [0, 0.05) is 16.0 Å². The zero-order chi connectivity index (χ0) is 15.8. The van der Waals surface area contributed by atoms with Gasteiger partial charge in [0.05, 0.1) is 18.0 Å². The second kappa shape index (κ2) is 6.34. The largest absolute Gasteiger partial charge is 0.390 e. The quantitative estimate of drug-likeness (QED) is 0.699. The average molecular weight is 392 g/mol. The van der Waals surface area contributed by atoms with Crippen molar-refractivity contribution in [1.29, 1.82) is 0 Å². The van der Waals surface area contributed by atoms with Gasteiger partial charge >= 0.3 is 0 Å². The van der Waals surface area contributed by atoms with Gasteiger partial charge in [0.25, 0.3) is 0 Å². The summed E-state index contributed by atoms with van der Waals surface area (Å²) in [6, 6.07) is 8.01. The number of aliphatic hydroxyl groups is 1. The molecule has 1 saturated carbocycles. The Morgan fingerprint density at radius 3 is 2.61 bits per heavy atom. The molecule has 1 aromatic carbocycles. The van der Waals surface area contributed by atoms with Crippen LogP contribution < -0.4 is 0 Å². The molecule has 23 heavy (non-hydrogen) atoms. The van der Waals surface area contributed by atoms with Crippen molar-refractivity contribution in [1.82, 2.24) is 14.6 Å². The highest BCUT2D eigenvalue weighted by molar-refractivity contribution is 9.10. The summed E-state index contributed by atoms with van der Waals surface area (Å²) in [6.07, 6.45) is 6.39. The lowest BCUT2D eigenvalue weighted by Gasteiger charge is -2.18. The molecule has 4 rings (SSSR count). The number of fused-ring (bicyclic) bond motifs is 1. The van der Waals surface area contributed by atoms with Gasteiger partial charge in [-0.25, -0.2) is 9.50 Å². The molecule has 120 valence electrons. The van der Waals surface area contributed by atoms with Crippen molar-refractivity contribution in [2.75, 3.05) is 0 Å². The van der Waals surface area contributed by atoms with E-state index in [-0.39, 0.29) is 6.61 Å². The van der Waals surface area contributed by atoms with E-state index in [1.807, 2.05) is 28.8 Å². The van der Waals surface area contributed by atoms with Crippen LogP contribution >= 0.6 is 27.3 Å². The molecule has 1 aliphatic rings. The van der Waals surface area contributed by atoms with Gasteiger partial charge in [-0.3, -0.25) is 0 Å². The van der Waals surface area contributed by atoms with Crippen LogP contribution in [0, 0.1) is 0 Å². The molecule has 6 heteroatoms. The molecular weight excluding hydrogens is 374 g/mol. The van der Waals surface area contributed by atoms with Crippen molar-refractivity contribution in [2.45, 2.75) is 44.6 Å². The minimum absolute atomic E-state index is 0.0552. The molecule has 4 nitrogen and oxygen atoms in total. The molecule has 0 saturated heterocycles. The molecule has 3 aromatic rings. The van der Waals surface area contributed by atoms with E-state index >= 15 is 0 Å². The Morgan fingerprint density at radius 2 is 1.91 bits per heavy atom. The molecule has 2 heterocycles. The fraction of sp³-hybridized carbons (Fsp3) is 0.412. The lowest BCUT2D eigenvalue weighted by Crippen LogP contribution is -2.05. The smallest absolute Gasteiger partial charge is 0.213 e. The summed E-state index contributed by atoms with van der Waals surface area (Å²) in [5.41, 5.74) is 2.61. The first-order chi connectivity index (χ1) is 11.3. The molecule has 2 aromatic heterocycles. The second-order valence-electron chi connectivity index (χ2n) is 6.04. The van der Waals surface area contributed by atoms with Crippen LogP contribution in [0.25, 0.3) is 16.2 Å². The maximum Gasteiger partial charge on any atom is 0.213 e. The highest BCUT2D eigenvalue weighted by atomic mass is 79.9. The molecule has 0 spiro atoms. The van der Waals surface area contributed by atoms with Crippen LogP contribution in [0.2, 0.25) is 0 Å². The Hall–Kier alpha value is -1.24. The highest BCUT2D eigenvalue weighted by Gasteiger charge is 2.23. The van der Waals surface area contributed by atoms with Crippen LogP contribution in [0.3, 0.4) is 0 Å². The van der Waals surface area contributed by atoms with E-state index < -0.39 is 0 Å². The fourth-order valence-electron chi connectivity index (χ4n) is 3.30. The van der Waals surface area contributed by atoms with Crippen LogP contribution in [0.15, 0.2) is 28.7 Å². The topological polar surface area (TPSA) is 50.4 Å². The Morgan fingerprint density at radius 1 is 1.17 bits per heavy atom. The van der Waals surface area contributed by atoms with E-state index in [1.165, 1.54) is 37.1 Å². The number of aliphatic hydroxyl groups excluding tert-OH is 1. The van der Waals surface area contributed by atoms with Crippen molar-refractivity contribution in [3.63, 3.8) is 0 Å². The standard InChI is InChI=1S/C17H18BrN3OS/c18-13-8-6-11(7-9-13)15-14(10-22)21-17(19-15)23-16(20-21)12-4-2-1-3-5-12/h6-9,12,22H,1-5,10H2. The van der Waals surface area contributed by atoms with Gasteiger partial charge in [0.15, 0.2) is 0 Å². The summed E-state index contributed by atoms with van der Waals surface area (Å²) < 4.78 is 2.87. The van der Waals surface area contributed by atoms with Crippen molar-refractivity contribution in [3.8, 4) is 11.3 Å². The average Bonchev–Trinajstić information content (AvgIpc) is 3.14. The van der Waals surface area contributed by atoms with Gasteiger partial charge in [-0.15, -0.1) is 0 Å². The number of aromatic nitrogens is 3. The van der Waals surface area contributed by atoms with E-state index in [0.717, 1.165) is 26.4 Å². The maximum absolute atomic E-state index is 9.84. The van der Waals surface area contributed by atoms with Gasteiger partial charge in [0.2, 0.25) is 4.96 Å². The van der Waals surface area contributed by atoms with E-state index in [1.54, 1.807) is 11.3 Å². The zero-order valence-electron chi connectivity index (χ0n) is 12.7. The number of benzene rings is 1. The van der Waals surface area contributed by atoms with Crippen molar-refractivity contribution >= 4 is 32.2 Å².